The minimum absolute atomic E-state index is 0.0155. The first-order valence-electron chi connectivity index (χ1n) is 13.1. The Morgan fingerprint density at radius 3 is 2.21 bits per heavy atom. The molecule has 0 bridgehead atoms. The summed E-state index contributed by atoms with van der Waals surface area (Å²) in [6, 6.07) is 28.5. The van der Waals surface area contributed by atoms with Gasteiger partial charge in [-0.15, -0.1) is 11.8 Å². The number of anilines is 2. The number of methoxy groups -OCH3 is 2. The van der Waals surface area contributed by atoms with Gasteiger partial charge in [0.25, 0.3) is 11.8 Å². The first kappa shape index (κ1) is 30.0. The third kappa shape index (κ3) is 8.25. The molecule has 0 unspecified atom stereocenters. The van der Waals surface area contributed by atoms with Crippen LogP contribution in [0.5, 0.6) is 11.5 Å². The second kappa shape index (κ2) is 14.6. The first-order chi connectivity index (χ1) is 20.4. The normalized spacial score (nSPS) is 10.9. The summed E-state index contributed by atoms with van der Waals surface area (Å²) in [6.07, 6.45) is 1.54. The largest absolute Gasteiger partial charge is 0.497 e. The fourth-order valence-corrected chi connectivity index (χ4v) is 4.63. The van der Waals surface area contributed by atoms with Crippen molar-refractivity contribution in [1.82, 2.24) is 5.32 Å². The molecule has 0 spiro atoms. The number of aryl methyl sites for hydroxylation is 1. The minimum atomic E-state index is -0.526. The van der Waals surface area contributed by atoms with Gasteiger partial charge in [-0.1, -0.05) is 36.4 Å². The number of thioether (sulfide) groups is 1. The standard InChI is InChI=1S/C33H31N3O5S/c1-22-9-7-8-12-28(22)35-31(37)21-42-27-16-13-25(14-17-27)34-33(39)29(36-32(38)23-10-5-4-6-11-23)20-24-19-26(40-2)15-18-30(24)41-3/h4-20H,21H2,1-3H3,(H,34,39)(H,35,37)(H,36,38)/b29-20-. The van der Waals surface area contributed by atoms with Crippen molar-refractivity contribution in [2.24, 2.45) is 0 Å². The van der Waals surface area contributed by atoms with Gasteiger partial charge in [-0.05, 0) is 79.2 Å². The van der Waals surface area contributed by atoms with E-state index >= 15 is 0 Å². The van der Waals surface area contributed by atoms with Gasteiger partial charge in [-0.25, -0.2) is 0 Å². The van der Waals surface area contributed by atoms with Crippen molar-refractivity contribution in [3.8, 4) is 11.5 Å². The lowest BCUT2D eigenvalue weighted by atomic mass is 10.1. The zero-order valence-corrected chi connectivity index (χ0v) is 24.3. The van der Waals surface area contributed by atoms with Gasteiger partial charge in [0, 0.05) is 27.4 Å². The number of para-hydroxylation sites is 1. The summed E-state index contributed by atoms with van der Waals surface area (Å²) < 4.78 is 10.8. The van der Waals surface area contributed by atoms with Crippen molar-refractivity contribution >= 4 is 46.9 Å². The van der Waals surface area contributed by atoms with E-state index in [1.807, 2.05) is 43.3 Å². The van der Waals surface area contributed by atoms with Crippen LogP contribution in [0.4, 0.5) is 11.4 Å². The Morgan fingerprint density at radius 1 is 0.810 bits per heavy atom. The lowest BCUT2D eigenvalue weighted by Gasteiger charge is -2.13. The molecule has 0 aliphatic carbocycles. The second-order valence-electron chi connectivity index (χ2n) is 9.12. The van der Waals surface area contributed by atoms with E-state index in [0.717, 1.165) is 16.1 Å². The van der Waals surface area contributed by atoms with Gasteiger partial charge >= 0.3 is 0 Å². The molecule has 4 aromatic rings. The molecule has 3 N–H and O–H groups in total. The average Bonchev–Trinajstić information content (AvgIpc) is 3.01. The molecule has 0 radical (unpaired) electrons. The Balaban J connectivity index is 1.47. The van der Waals surface area contributed by atoms with E-state index in [9.17, 15) is 14.4 Å². The van der Waals surface area contributed by atoms with Crippen molar-refractivity contribution in [3.05, 3.63) is 119 Å². The molecule has 214 valence electrons. The Hall–Kier alpha value is -5.02. The summed E-state index contributed by atoms with van der Waals surface area (Å²) in [5, 5.41) is 8.48. The highest BCUT2D eigenvalue weighted by molar-refractivity contribution is 8.00. The fourth-order valence-electron chi connectivity index (χ4n) is 3.93. The summed E-state index contributed by atoms with van der Waals surface area (Å²) in [7, 11) is 3.06. The van der Waals surface area contributed by atoms with Gasteiger partial charge in [0.15, 0.2) is 0 Å². The van der Waals surface area contributed by atoms with Crippen LogP contribution in [0.15, 0.2) is 108 Å². The van der Waals surface area contributed by atoms with E-state index in [0.29, 0.717) is 28.3 Å². The maximum absolute atomic E-state index is 13.4. The van der Waals surface area contributed by atoms with E-state index in [4.69, 9.17) is 9.47 Å². The SMILES string of the molecule is COc1ccc(OC)c(/C=C(\NC(=O)c2ccccc2)C(=O)Nc2ccc(SCC(=O)Nc3ccccc3C)cc2)c1. The number of nitrogens with one attached hydrogen (secondary N) is 3. The highest BCUT2D eigenvalue weighted by Gasteiger charge is 2.17. The van der Waals surface area contributed by atoms with Gasteiger partial charge in [-0.3, -0.25) is 14.4 Å². The van der Waals surface area contributed by atoms with Crippen LogP contribution in [0.3, 0.4) is 0 Å². The van der Waals surface area contributed by atoms with Crippen LogP contribution in [-0.2, 0) is 9.59 Å². The molecule has 0 saturated carbocycles. The number of hydrogen-bond donors (Lipinski definition) is 3. The molecular weight excluding hydrogens is 550 g/mol. The molecule has 0 aromatic heterocycles. The number of ether oxygens (including phenoxy) is 2. The number of hydrogen-bond acceptors (Lipinski definition) is 6. The summed E-state index contributed by atoms with van der Waals surface area (Å²) in [5.41, 5.74) is 3.27. The smallest absolute Gasteiger partial charge is 0.272 e. The molecule has 9 heteroatoms. The average molecular weight is 582 g/mol. The highest BCUT2D eigenvalue weighted by atomic mass is 32.2. The zero-order valence-electron chi connectivity index (χ0n) is 23.5. The quantitative estimate of drug-likeness (QED) is 0.145. The monoisotopic (exact) mass is 581 g/mol. The molecule has 4 rings (SSSR count). The highest BCUT2D eigenvalue weighted by Crippen LogP contribution is 2.27. The van der Waals surface area contributed by atoms with Gasteiger partial charge in [0.1, 0.15) is 17.2 Å². The van der Waals surface area contributed by atoms with Crippen molar-refractivity contribution in [1.29, 1.82) is 0 Å². The summed E-state index contributed by atoms with van der Waals surface area (Å²) in [5.74, 6) is 0.237. The van der Waals surface area contributed by atoms with Gasteiger partial charge in [-0.2, -0.15) is 0 Å². The molecule has 0 fully saturated rings. The van der Waals surface area contributed by atoms with E-state index in [2.05, 4.69) is 16.0 Å². The third-order valence-electron chi connectivity index (χ3n) is 6.17. The zero-order chi connectivity index (χ0) is 29.9. The molecule has 3 amide bonds. The Bertz CT molecular complexity index is 1590. The molecular formula is C33H31N3O5S. The Morgan fingerprint density at radius 2 is 1.52 bits per heavy atom. The van der Waals surface area contributed by atoms with E-state index in [1.165, 1.54) is 24.9 Å². The molecule has 4 aromatic carbocycles. The van der Waals surface area contributed by atoms with Crippen LogP contribution in [0.1, 0.15) is 21.5 Å². The Kier molecular flexibility index (Phi) is 10.4. The minimum Gasteiger partial charge on any atom is -0.497 e. The van der Waals surface area contributed by atoms with E-state index < -0.39 is 11.8 Å². The second-order valence-corrected chi connectivity index (χ2v) is 10.2. The lowest BCUT2D eigenvalue weighted by Crippen LogP contribution is -2.30. The van der Waals surface area contributed by atoms with Crippen LogP contribution in [-0.4, -0.2) is 37.7 Å². The Labute approximate surface area is 249 Å². The van der Waals surface area contributed by atoms with Crippen molar-refractivity contribution in [3.63, 3.8) is 0 Å². The summed E-state index contributed by atoms with van der Waals surface area (Å²) >= 11 is 1.38. The maximum atomic E-state index is 13.4. The summed E-state index contributed by atoms with van der Waals surface area (Å²) in [4.78, 5) is 39.6. The third-order valence-corrected chi connectivity index (χ3v) is 7.18. The number of carbonyl (C=O) groups is 3. The maximum Gasteiger partial charge on any atom is 0.272 e. The first-order valence-corrected chi connectivity index (χ1v) is 14.0. The summed E-state index contributed by atoms with van der Waals surface area (Å²) in [6.45, 7) is 1.94. The van der Waals surface area contributed by atoms with Crippen molar-refractivity contribution in [2.75, 3.05) is 30.6 Å². The number of carbonyl (C=O) groups excluding carboxylic acids is 3. The molecule has 0 saturated heterocycles. The van der Waals surface area contributed by atoms with Crippen LogP contribution in [0.2, 0.25) is 0 Å². The molecule has 0 aliphatic rings. The van der Waals surface area contributed by atoms with Gasteiger partial charge in [0.05, 0.1) is 20.0 Å². The topological polar surface area (TPSA) is 106 Å². The van der Waals surface area contributed by atoms with Crippen LogP contribution in [0.25, 0.3) is 6.08 Å². The number of amides is 3. The molecule has 0 atom stereocenters. The van der Waals surface area contributed by atoms with E-state index in [-0.39, 0.29) is 17.4 Å². The van der Waals surface area contributed by atoms with Crippen molar-refractivity contribution < 1.29 is 23.9 Å². The number of benzene rings is 4. The van der Waals surface area contributed by atoms with Crippen molar-refractivity contribution in [2.45, 2.75) is 11.8 Å². The molecule has 0 heterocycles. The number of rotatable bonds is 11. The lowest BCUT2D eigenvalue weighted by molar-refractivity contribution is -0.114. The predicted molar refractivity (Wildman–Crippen MR) is 167 cm³/mol. The van der Waals surface area contributed by atoms with Crippen LogP contribution < -0.4 is 25.4 Å². The fraction of sp³-hybridized carbons (Fsp3) is 0.121. The van der Waals surface area contributed by atoms with Gasteiger partial charge in [0.2, 0.25) is 5.91 Å². The van der Waals surface area contributed by atoms with Crippen LogP contribution >= 0.6 is 11.8 Å². The predicted octanol–water partition coefficient (Wildman–Crippen LogP) is 6.15. The molecule has 0 aliphatic heterocycles. The molecule has 8 nitrogen and oxygen atoms in total. The van der Waals surface area contributed by atoms with E-state index in [1.54, 1.807) is 67.8 Å². The van der Waals surface area contributed by atoms with Crippen LogP contribution in [0, 0.1) is 6.92 Å². The van der Waals surface area contributed by atoms with Gasteiger partial charge < -0.3 is 25.4 Å². The molecule has 42 heavy (non-hydrogen) atoms.